The summed E-state index contributed by atoms with van der Waals surface area (Å²) >= 11 is 1.99. The predicted molar refractivity (Wildman–Crippen MR) is 87.0 cm³/mol. The Kier molecular flexibility index (Phi) is 5.24. The van der Waals surface area contributed by atoms with Gasteiger partial charge in [0.05, 0.1) is 0 Å². The van der Waals surface area contributed by atoms with Crippen molar-refractivity contribution in [2.45, 2.75) is 64.5 Å². The molecule has 1 heterocycles. The Morgan fingerprint density at radius 2 is 1.89 bits per heavy atom. The number of hydrogen-bond acceptors (Lipinski definition) is 3. The Hall–Kier alpha value is 0.270. The quantitative estimate of drug-likeness (QED) is 0.855. The Balaban J connectivity index is 2.07. The number of hydrogen-bond donors (Lipinski definition) is 1. The van der Waals surface area contributed by atoms with E-state index in [9.17, 15) is 0 Å². The van der Waals surface area contributed by atoms with Crippen molar-refractivity contribution in [3.63, 3.8) is 0 Å². The van der Waals surface area contributed by atoms with Gasteiger partial charge < -0.3 is 5.32 Å². The van der Waals surface area contributed by atoms with Gasteiger partial charge in [-0.2, -0.15) is 11.8 Å². The highest BCUT2D eigenvalue weighted by Crippen LogP contribution is 2.37. The first-order chi connectivity index (χ1) is 8.98. The number of piperazine rings is 1. The SMILES string of the molecule is CSCCN1CC(C(C)(C)C)NCC12CCCCC2. The summed E-state index contributed by atoms with van der Waals surface area (Å²) in [7, 11) is 0. The lowest BCUT2D eigenvalue weighted by Crippen LogP contribution is -2.67. The number of nitrogens with one attached hydrogen (secondary N) is 1. The van der Waals surface area contributed by atoms with Crippen LogP contribution in [-0.2, 0) is 0 Å². The minimum absolute atomic E-state index is 0.369. The highest BCUT2D eigenvalue weighted by Gasteiger charge is 2.43. The summed E-state index contributed by atoms with van der Waals surface area (Å²) in [5.74, 6) is 1.28. The lowest BCUT2D eigenvalue weighted by molar-refractivity contribution is -0.00548. The number of nitrogens with zero attached hydrogens (tertiary/aromatic N) is 1. The number of rotatable bonds is 3. The van der Waals surface area contributed by atoms with Gasteiger partial charge in [0.25, 0.3) is 0 Å². The molecule has 112 valence electrons. The molecule has 0 bridgehead atoms. The third kappa shape index (κ3) is 3.68. The smallest absolute Gasteiger partial charge is 0.0335 e. The lowest BCUT2D eigenvalue weighted by atomic mass is 9.75. The van der Waals surface area contributed by atoms with Gasteiger partial charge in [-0.1, -0.05) is 40.0 Å². The van der Waals surface area contributed by atoms with Crippen LogP contribution in [0, 0.1) is 5.41 Å². The molecule has 1 unspecified atom stereocenters. The molecule has 0 aromatic rings. The molecule has 0 aromatic carbocycles. The molecule has 2 nitrogen and oxygen atoms in total. The van der Waals surface area contributed by atoms with E-state index >= 15 is 0 Å². The van der Waals surface area contributed by atoms with Crippen LogP contribution in [0.3, 0.4) is 0 Å². The van der Waals surface area contributed by atoms with Crippen LogP contribution in [0.4, 0.5) is 0 Å². The molecule has 1 aliphatic carbocycles. The Bertz CT molecular complexity index is 279. The second kappa shape index (κ2) is 6.36. The van der Waals surface area contributed by atoms with Crippen molar-refractivity contribution < 1.29 is 0 Å². The first kappa shape index (κ1) is 15.7. The van der Waals surface area contributed by atoms with Crippen molar-refractivity contribution in [2.24, 2.45) is 5.41 Å². The van der Waals surface area contributed by atoms with Gasteiger partial charge in [-0.3, -0.25) is 4.90 Å². The van der Waals surface area contributed by atoms with Crippen LogP contribution in [-0.4, -0.2) is 48.1 Å². The standard InChI is InChI=1S/C16H32N2S/c1-15(2,3)14-12-18(10-11-19-4)16(13-17-14)8-6-5-7-9-16/h14,17H,5-13H2,1-4H3. The van der Waals surface area contributed by atoms with E-state index in [1.807, 2.05) is 11.8 Å². The summed E-state index contributed by atoms with van der Waals surface area (Å²) in [5.41, 5.74) is 0.851. The van der Waals surface area contributed by atoms with Gasteiger partial charge in [-0.25, -0.2) is 0 Å². The molecule has 0 aromatic heterocycles. The molecule has 19 heavy (non-hydrogen) atoms. The Morgan fingerprint density at radius 1 is 1.21 bits per heavy atom. The molecule has 1 spiro atoms. The summed E-state index contributed by atoms with van der Waals surface area (Å²) in [6, 6.07) is 0.641. The van der Waals surface area contributed by atoms with Gasteiger partial charge in [0.2, 0.25) is 0 Å². The van der Waals surface area contributed by atoms with Crippen molar-refractivity contribution in [1.82, 2.24) is 10.2 Å². The molecule has 0 amide bonds. The zero-order valence-electron chi connectivity index (χ0n) is 13.3. The molecule has 0 radical (unpaired) electrons. The molecule has 1 aliphatic heterocycles. The molecule has 3 heteroatoms. The minimum atomic E-state index is 0.369. The summed E-state index contributed by atoms with van der Waals surface area (Å²) in [5, 5.41) is 3.88. The topological polar surface area (TPSA) is 15.3 Å². The van der Waals surface area contributed by atoms with E-state index in [0.29, 0.717) is 17.0 Å². The normalized spacial score (nSPS) is 28.7. The molecule has 2 fully saturated rings. The van der Waals surface area contributed by atoms with Crippen molar-refractivity contribution in [2.75, 3.05) is 31.6 Å². The summed E-state index contributed by atoms with van der Waals surface area (Å²) in [6.07, 6.45) is 9.35. The summed E-state index contributed by atoms with van der Waals surface area (Å²) in [6.45, 7) is 10.8. The maximum Gasteiger partial charge on any atom is 0.0335 e. The third-order valence-electron chi connectivity index (χ3n) is 5.15. The lowest BCUT2D eigenvalue weighted by Gasteiger charge is -2.54. The zero-order valence-corrected chi connectivity index (χ0v) is 14.1. The molecule has 1 atom stereocenters. The average Bonchev–Trinajstić information content (AvgIpc) is 2.37. The molecular formula is C16H32N2S. The van der Waals surface area contributed by atoms with E-state index in [1.165, 1.54) is 57.5 Å². The second-order valence-corrected chi connectivity index (χ2v) is 8.51. The van der Waals surface area contributed by atoms with Crippen molar-refractivity contribution >= 4 is 11.8 Å². The van der Waals surface area contributed by atoms with E-state index in [0.717, 1.165) is 0 Å². The first-order valence-corrected chi connectivity index (χ1v) is 9.35. The highest BCUT2D eigenvalue weighted by atomic mass is 32.2. The van der Waals surface area contributed by atoms with E-state index in [-0.39, 0.29) is 0 Å². The van der Waals surface area contributed by atoms with Crippen LogP contribution < -0.4 is 5.32 Å². The fraction of sp³-hybridized carbons (Fsp3) is 1.00. The molecule has 2 aliphatic rings. The molecule has 1 N–H and O–H groups in total. The zero-order chi connectivity index (χ0) is 13.9. The molecular weight excluding hydrogens is 252 g/mol. The van der Waals surface area contributed by atoms with Crippen LogP contribution in [0.25, 0.3) is 0 Å². The van der Waals surface area contributed by atoms with Gasteiger partial charge in [0.1, 0.15) is 0 Å². The van der Waals surface area contributed by atoms with Crippen LogP contribution >= 0.6 is 11.8 Å². The minimum Gasteiger partial charge on any atom is -0.310 e. The van der Waals surface area contributed by atoms with E-state index in [2.05, 4.69) is 37.2 Å². The van der Waals surface area contributed by atoms with Crippen molar-refractivity contribution in [1.29, 1.82) is 0 Å². The maximum atomic E-state index is 3.88. The van der Waals surface area contributed by atoms with Crippen LogP contribution in [0.15, 0.2) is 0 Å². The maximum absolute atomic E-state index is 3.88. The van der Waals surface area contributed by atoms with E-state index in [4.69, 9.17) is 0 Å². The Labute approximate surface area is 124 Å². The average molecular weight is 285 g/mol. The molecule has 1 saturated carbocycles. The first-order valence-electron chi connectivity index (χ1n) is 7.95. The largest absolute Gasteiger partial charge is 0.310 e. The fourth-order valence-electron chi connectivity index (χ4n) is 3.72. The summed E-state index contributed by atoms with van der Waals surface area (Å²) < 4.78 is 0. The van der Waals surface area contributed by atoms with Gasteiger partial charge >= 0.3 is 0 Å². The van der Waals surface area contributed by atoms with Crippen molar-refractivity contribution in [3.8, 4) is 0 Å². The Morgan fingerprint density at radius 3 is 2.47 bits per heavy atom. The fourth-order valence-corrected chi connectivity index (χ4v) is 4.12. The summed E-state index contributed by atoms with van der Waals surface area (Å²) in [4.78, 5) is 2.84. The van der Waals surface area contributed by atoms with Crippen LogP contribution in [0.5, 0.6) is 0 Å². The predicted octanol–water partition coefficient (Wildman–Crippen LogP) is 3.37. The number of thioether (sulfide) groups is 1. The van der Waals surface area contributed by atoms with Gasteiger partial charge in [0.15, 0.2) is 0 Å². The second-order valence-electron chi connectivity index (χ2n) is 7.52. The van der Waals surface area contributed by atoms with Crippen LogP contribution in [0.2, 0.25) is 0 Å². The molecule has 1 saturated heterocycles. The van der Waals surface area contributed by atoms with Gasteiger partial charge in [-0.05, 0) is 24.5 Å². The monoisotopic (exact) mass is 284 g/mol. The third-order valence-corrected chi connectivity index (χ3v) is 5.74. The van der Waals surface area contributed by atoms with Gasteiger partial charge in [-0.15, -0.1) is 0 Å². The van der Waals surface area contributed by atoms with E-state index < -0.39 is 0 Å². The van der Waals surface area contributed by atoms with E-state index in [1.54, 1.807) is 0 Å². The molecule has 2 rings (SSSR count). The van der Waals surface area contributed by atoms with Crippen molar-refractivity contribution in [3.05, 3.63) is 0 Å². The highest BCUT2D eigenvalue weighted by molar-refractivity contribution is 7.98. The van der Waals surface area contributed by atoms with Crippen LogP contribution in [0.1, 0.15) is 52.9 Å². The van der Waals surface area contributed by atoms with Gasteiger partial charge in [0, 0.05) is 37.0 Å².